The lowest BCUT2D eigenvalue weighted by Gasteiger charge is -2.15. The fraction of sp³-hybridized carbons (Fsp3) is 0.143. The zero-order chi connectivity index (χ0) is 14.9. The molecule has 2 aromatic rings. The zero-order valence-corrected chi connectivity index (χ0v) is 13.2. The Bertz CT molecular complexity index is 649. The quantitative estimate of drug-likeness (QED) is 0.720. The average molecular weight is 381 g/mol. The van der Waals surface area contributed by atoms with Crippen molar-refractivity contribution in [2.24, 2.45) is 5.73 Å². The van der Waals surface area contributed by atoms with Crippen molar-refractivity contribution in [3.05, 3.63) is 67.6 Å². The molecular formula is C14H10BrCl2F2N. The van der Waals surface area contributed by atoms with E-state index in [-0.39, 0.29) is 16.5 Å². The number of halogens is 5. The van der Waals surface area contributed by atoms with Crippen molar-refractivity contribution in [1.82, 2.24) is 0 Å². The van der Waals surface area contributed by atoms with E-state index in [0.717, 1.165) is 0 Å². The van der Waals surface area contributed by atoms with Crippen molar-refractivity contribution in [2.45, 2.75) is 12.5 Å². The summed E-state index contributed by atoms with van der Waals surface area (Å²) in [6, 6.07) is 6.68. The van der Waals surface area contributed by atoms with Gasteiger partial charge in [0, 0.05) is 21.7 Å². The Balaban J connectivity index is 2.35. The van der Waals surface area contributed by atoms with E-state index in [1.165, 1.54) is 12.1 Å². The Morgan fingerprint density at radius 1 is 1.15 bits per heavy atom. The van der Waals surface area contributed by atoms with Crippen LogP contribution in [0.4, 0.5) is 8.78 Å². The van der Waals surface area contributed by atoms with Crippen LogP contribution in [0, 0.1) is 11.6 Å². The summed E-state index contributed by atoms with van der Waals surface area (Å²) in [7, 11) is 0. The molecule has 6 heteroatoms. The monoisotopic (exact) mass is 379 g/mol. The van der Waals surface area contributed by atoms with Crippen LogP contribution in [0.25, 0.3) is 0 Å². The van der Waals surface area contributed by atoms with Crippen molar-refractivity contribution in [1.29, 1.82) is 0 Å². The van der Waals surface area contributed by atoms with E-state index in [4.69, 9.17) is 28.9 Å². The molecule has 0 saturated carbocycles. The minimum absolute atomic E-state index is 0.0167. The number of hydrogen-bond donors (Lipinski definition) is 1. The fourth-order valence-corrected chi connectivity index (χ4v) is 2.69. The van der Waals surface area contributed by atoms with Crippen LogP contribution in [0.3, 0.4) is 0 Å². The van der Waals surface area contributed by atoms with E-state index in [1.807, 2.05) is 0 Å². The molecule has 1 nitrogen and oxygen atoms in total. The van der Waals surface area contributed by atoms with Gasteiger partial charge >= 0.3 is 0 Å². The van der Waals surface area contributed by atoms with Gasteiger partial charge in [-0.05, 0) is 58.2 Å². The largest absolute Gasteiger partial charge is 0.324 e. The Kier molecular flexibility index (Phi) is 5.02. The van der Waals surface area contributed by atoms with Gasteiger partial charge in [-0.1, -0.05) is 23.2 Å². The molecule has 0 aliphatic rings. The summed E-state index contributed by atoms with van der Waals surface area (Å²) in [6.45, 7) is 0. The van der Waals surface area contributed by atoms with Gasteiger partial charge in [0.05, 0.1) is 4.47 Å². The van der Waals surface area contributed by atoms with Crippen LogP contribution in [0.1, 0.15) is 17.2 Å². The standard InChI is InChI=1S/C14H10BrCl2F2N/c15-10-2-4-12(18)9(14(10)19)6-13(20)8-5-7(16)1-3-11(8)17/h1-5,13H,6,20H2. The molecule has 106 valence electrons. The van der Waals surface area contributed by atoms with Gasteiger partial charge in [0.1, 0.15) is 11.6 Å². The van der Waals surface area contributed by atoms with Crippen LogP contribution in [0.15, 0.2) is 34.8 Å². The first-order chi connectivity index (χ1) is 9.40. The Labute approximate surface area is 133 Å². The molecule has 0 saturated heterocycles. The molecular weight excluding hydrogens is 371 g/mol. The highest BCUT2D eigenvalue weighted by molar-refractivity contribution is 9.10. The molecule has 20 heavy (non-hydrogen) atoms. The number of hydrogen-bond acceptors (Lipinski definition) is 1. The minimum atomic E-state index is -0.654. The Hall–Kier alpha value is -0.680. The Morgan fingerprint density at radius 3 is 2.55 bits per heavy atom. The topological polar surface area (TPSA) is 26.0 Å². The summed E-state index contributed by atoms with van der Waals surface area (Å²) in [5.74, 6) is -1.29. The molecule has 2 N–H and O–H groups in total. The summed E-state index contributed by atoms with van der Waals surface area (Å²) in [4.78, 5) is 0. The van der Waals surface area contributed by atoms with Gasteiger partial charge in [-0.2, -0.15) is 0 Å². The molecule has 0 spiro atoms. The van der Waals surface area contributed by atoms with Crippen LogP contribution in [0.2, 0.25) is 10.0 Å². The highest BCUT2D eigenvalue weighted by Crippen LogP contribution is 2.30. The predicted molar refractivity (Wildman–Crippen MR) is 81.2 cm³/mol. The maximum atomic E-state index is 13.9. The third-order valence-corrected chi connectivity index (χ3v) is 4.11. The third kappa shape index (κ3) is 3.31. The molecule has 0 aliphatic heterocycles. The van der Waals surface area contributed by atoms with Crippen molar-refractivity contribution in [2.75, 3.05) is 0 Å². The van der Waals surface area contributed by atoms with Gasteiger partial charge in [-0.15, -0.1) is 0 Å². The van der Waals surface area contributed by atoms with Crippen molar-refractivity contribution in [3.8, 4) is 0 Å². The average Bonchev–Trinajstić information content (AvgIpc) is 2.41. The SMILES string of the molecule is NC(Cc1c(F)ccc(Br)c1F)c1cc(Cl)ccc1Cl. The highest BCUT2D eigenvalue weighted by Gasteiger charge is 2.18. The van der Waals surface area contributed by atoms with E-state index >= 15 is 0 Å². The normalized spacial score (nSPS) is 12.5. The van der Waals surface area contributed by atoms with E-state index in [1.54, 1.807) is 18.2 Å². The molecule has 0 radical (unpaired) electrons. The molecule has 0 heterocycles. The maximum Gasteiger partial charge on any atom is 0.143 e. The number of nitrogens with two attached hydrogens (primary N) is 1. The highest BCUT2D eigenvalue weighted by atomic mass is 79.9. The molecule has 0 fully saturated rings. The third-order valence-electron chi connectivity index (χ3n) is 2.92. The molecule has 0 aromatic heterocycles. The van der Waals surface area contributed by atoms with Crippen LogP contribution >= 0.6 is 39.1 Å². The van der Waals surface area contributed by atoms with Gasteiger partial charge in [-0.25, -0.2) is 8.78 Å². The molecule has 0 aliphatic carbocycles. The first-order valence-electron chi connectivity index (χ1n) is 5.73. The van der Waals surface area contributed by atoms with Gasteiger partial charge in [0.15, 0.2) is 0 Å². The van der Waals surface area contributed by atoms with Crippen LogP contribution in [-0.4, -0.2) is 0 Å². The summed E-state index contributed by atoms with van der Waals surface area (Å²) in [5.41, 5.74) is 6.47. The molecule has 1 atom stereocenters. The summed E-state index contributed by atoms with van der Waals surface area (Å²) in [6.07, 6.45) is -0.0167. The second-order valence-corrected chi connectivity index (χ2v) is 6.00. The van der Waals surface area contributed by atoms with E-state index in [9.17, 15) is 8.78 Å². The van der Waals surface area contributed by atoms with Gasteiger partial charge in [0.25, 0.3) is 0 Å². The van der Waals surface area contributed by atoms with Crippen LogP contribution < -0.4 is 5.73 Å². The lowest BCUT2D eigenvalue weighted by Crippen LogP contribution is -2.16. The first kappa shape index (κ1) is 15.7. The smallest absolute Gasteiger partial charge is 0.143 e. The lowest BCUT2D eigenvalue weighted by atomic mass is 9.99. The van der Waals surface area contributed by atoms with Crippen molar-refractivity contribution >= 4 is 39.1 Å². The number of benzene rings is 2. The summed E-state index contributed by atoms with van der Waals surface area (Å²) < 4.78 is 27.8. The van der Waals surface area contributed by atoms with Gasteiger partial charge in [-0.3, -0.25) is 0 Å². The summed E-state index contributed by atoms with van der Waals surface area (Å²) in [5, 5.41) is 0.882. The van der Waals surface area contributed by atoms with Crippen LogP contribution in [-0.2, 0) is 6.42 Å². The first-order valence-corrected chi connectivity index (χ1v) is 7.28. The van der Waals surface area contributed by atoms with E-state index < -0.39 is 17.7 Å². The maximum absolute atomic E-state index is 13.9. The van der Waals surface area contributed by atoms with Crippen LogP contribution in [0.5, 0.6) is 0 Å². The molecule has 2 aromatic carbocycles. The van der Waals surface area contributed by atoms with Gasteiger partial charge < -0.3 is 5.73 Å². The molecule has 2 rings (SSSR count). The minimum Gasteiger partial charge on any atom is -0.324 e. The second kappa shape index (κ2) is 6.39. The van der Waals surface area contributed by atoms with Crippen molar-refractivity contribution in [3.63, 3.8) is 0 Å². The zero-order valence-electron chi connectivity index (χ0n) is 10.1. The van der Waals surface area contributed by atoms with E-state index in [0.29, 0.717) is 15.6 Å². The van der Waals surface area contributed by atoms with E-state index in [2.05, 4.69) is 15.9 Å². The molecule has 0 amide bonds. The Morgan fingerprint density at radius 2 is 1.85 bits per heavy atom. The molecule has 0 bridgehead atoms. The fourth-order valence-electron chi connectivity index (χ4n) is 1.88. The molecule has 1 unspecified atom stereocenters. The lowest BCUT2D eigenvalue weighted by molar-refractivity contribution is 0.536. The van der Waals surface area contributed by atoms with Gasteiger partial charge in [0.2, 0.25) is 0 Å². The van der Waals surface area contributed by atoms with Crippen molar-refractivity contribution < 1.29 is 8.78 Å². The summed E-state index contributed by atoms with van der Waals surface area (Å²) >= 11 is 14.9. The second-order valence-electron chi connectivity index (χ2n) is 4.30. The number of rotatable bonds is 3. The predicted octanol–water partition coefficient (Wildman–Crippen LogP) is 5.28.